The topological polar surface area (TPSA) is 40.6 Å². The molecule has 0 spiro atoms. The number of carbonyl (C=O) groups excluding carboxylic acids is 2. The van der Waals surface area contributed by atoms with Gasteiger partial charge in [-0.2, -0.15) is 0 Å². The fourth-order valence-corrected chi connectivity index (χ4v) is 3.84. The Morgan fingerprint density at radius 2 is 2.19 bits per heavy atom. The first-order chi connectivity index (χ1) is 10.0. The summed E-state index contributed by atoms with van der Waals surface area (Å²) in [5.41, 5.74) is 0.958. The molecule has 0 saturated carbocycles. The van der Waals surface area contributed by atoms with Gasteiger partial charge in [-0.3, -0.25) is 9.59 Å². The van der Waals surface area contributed by atoms with Crippen LogP contribution < -0.4 is 0 Å². The van der Waals surface area contributed by atoms with Gasteiger partial charge in [-0.15, -0.1) is 11.8 Å². The molecule has 0 unspecified atom stereocenters. The van der Waals surface area contributed by atoms with Crippen LogP contribution in [0.1, 0.15) is 24.3 Å². The molecule has 4 nitrogen and oxygen atoms in total. The van der Waals surface area contributed by atoms with Crippen LogP contribution in [-0.4, -0.2) is 47.5 Å². The van der Waals surface area contributed by atoms with Gasteiger partial charge in [0.15, 0.2) is 0 Å². The van der Waals surface area contributed by atoms with Crippen molar-refractivity contribution in [2.24, 2.45) is 0 Å². The molecule has 0 bridgehead atoms. The van der Waals surface area contributed by atoms with E-state index in [9.17, 15) is 9.59 Å². The summed E-state index contributed by atoms with van der Waals surface area (Å²) in [6.07, 6.45) is 0.479. The number of rotatable bonds is 5. The number of thioether (sulfide) groups is 1. The Labute approximate surface area is 134 Å². The summed E-state index contributed by atoms with van der Waals surface area (Å²) in [5, 5.41) is 0.615. The maximum atomic E-state index is 12.1. The maximum Gasteiger partial charge on any atom is 0.233 e. The van der Waals surface area contributed by atoms with E-state index in [0.29, 0.717) is 30.3 Å². The van der Waals surface area contributed by atoms with Crippen molar-refractivity contribution >= 4 is 35.2 Å². The lowest BCUT2D eigenvalue weighted by Crippen LogP contribution is -2.38. The van der Waals surface area contributed by atoms with Crippen molar-refractivity contribution in [3.8, 4) is 0 Å². The third-order valence-electron chi connectivity index (χ3n) is 3.54. The molecule has 2 amide bonds. The molecule has 1 aromatic rings. The molecule has 6 heteroatoms. The standard InChI is InChI=1S/C15H19ClN2O2S/c1-3-13(19)17(2)8-9-18-14(20)10-21-15(18)11-6-4-5-7-12(11)16/h4-7,15H,3,8-10H2,1-2H3/t15-/m1/s1. The Morgan fingerprint density at radius 1 is 1.48 bits per heavy atom. The molecule has 1 heterocycles. The monoisotopic (exact) mass is 326 g/mol. The van der Waals surface area contributed by atoms with Crippen LogP contribution in [0, 0.1) is 0 Å². The van der Waals surface area contributed by atoms with Gasteiger partial charge in [0, 0.05) is 37.1 Å². The second-order valence-corrected chi connectivity index (χ2v) is 6.42. The van der Waals surface area contributed by atoms with Crippen LogP contribution in [0.15, 0.2) is 24.3 Å². The zero-order valence-corrected chi connectivity index (χ0v) is 13.8. The van der Waals surface area contributed by atoms with E-state index in [-0.39, 0.29) is 17.2 Å². The minimum absolute atomic E-state index is 0.0590. The SMILES string of the molecule is CCC(=O)N(C)CCN1C(=O)CS[C@@H]1c1ccccc1Cl. The number of amides is 2. The Kier molecular flexibility index (Phi) is 5.53. The number of hydrogen-bond acceptors (Lipinski definition) is 3. The average Bonchev–Trinajstić information content (AvgIpc) is 2.85. The summed E-state index contributed by atoms with van der Waals surface area (Å²) < 4.78 is 0. The highest BCUT2D eigenvalue weighted by Gasteiger charge is 2.33. The van der Waals surface area contributed by atoms with Crippen molar-refractivity contribution in [2.75, 3.05) is 25.9 Å². The number of nitrogens with zero attached hydrogens (tertiary/aromatic N) is 2. The zero-order chi connectivity index (χ0) is 15.4. The molecule has 1 saturated heterocycles. The van der Waals surface area contributed by atoms with E-state index >= 15 is 0 Å². The third-order valence-corrected chi connectivity index (χ3v) is 5.13. The second-order valence-electron chi connectivity index (χ2n) is 4.94. The van der Waals surface area contributed by atoms with E-state index in [4.69, 9.17) is 11.6 Å². The van der Waals surface area contributed by atoms with Crippen LogP contribution in [-0.2, 0) is 9.59 Å². The average molecular weight is 327 g/mol. The van der Waals surface area contributed by atoms with Crippen molar-refractivity contribution in [3.63, 3.8) is 0 Å². The van der Waals surface area contributed by atoms with Gasteiger partial charge in [0.2, 0.25) is 11.8 Å². The van der Waals surface area contributed by atoms with E-state index in [1.807, 2.05) is 36.1 Å². The first-order valence-electron chi connectivity index (χ1n) is 6.94. The normalized spacial score (nSPS) is 18.1. The van der Waals surface area contributed by atoms with Crippen LogP contribution >= 0.6 is 23.4 Å². The summed E-state index contributed by atoms with van der Waals surface area (Å²) >= 11 is 7.82. The van der Waals surface area contributed by atoms with E-state index in [1.54, 1.807) is 23.7 Å². The number of hydrogen-bond donors (Lipinski definition) is 0. The lowest BCUT2D eigenvalue weighted by atomic mass is 10.2. The quantitative estimate of drug-likeness (QED) is 0.835. The molecule has 0 radical (unpaired) electrons. The lowest BCUT2D eigenvalue weighted by Gasteiger charge is -2.27. The van der Waals surface area contributed by atoms with Gasteiger partial charge in [0.05, 0.1) is 5.75 Å². The molecule has 1 aliphatic heterocycles. The van der Waals surface area contributed by atoms with E-state index in [0.717, 1.165) is 5.56 Å². The van der Waals surface area contributed by atoms with E-state index in [1.165, 1.54) is 0 Å². The Hall–Kier alpha value is -1.20. The van der Waals surface area contributed by atoms with Crippen LogP contribution in [0.4, 0.5) is 0 Å². The number of benzene rings is 1. The maximum absolute atomic E-state index is 12.1. The van der Waals surface area contributed by atoms with Crippen LogP contribution in [0.5, 0.6) is 0 Å². The Balaban J connectivity index is 2.07. The Bertz CT molecular complexity index is 538. The van der Waals surface area contributed by atoms with Crippen molar-refractivity contribution in [3.05, 3.63) is 34.9 Å². The highest BCUT2D eigenvalue weighted by molar-refractivity contribution is 8.00. The van der Waals surface area contributed by atoms with Gasteiger partial charge in [-0.1, -0.05) is 36.7 Å². The van der Waals surface area contributed by atoms with Gasteiger partial charge in [-0.25, -0.2) is 0 Å². The van der Waals surface area contributed by atoms with Gasteiger partial charge in [0.25, 0.3) is 0 Å². The summed E-state index contributed by atoms with van der Waals surface area (Å²) in [6, 6.07) is 7.60. The predicted molar refractivity (Wildman–Crippen MR) is 86.3 cm³/mol. The number of likely N-dealkylation sites (N-methyl/N-ethyl adjacent to an activating group) is 1. The van der Waals surface area contributed by atoms with Gasteiger partial charge in [-0.05, 0) is 6.07 Å². The highest BCUT2D eigenvalue weighted by atomic mass is 35.5. The second kappa shape index (κ2) is 7.18. The molecule has 1 atom stereocenters. The molecule has 1 fully saturated rings. The summed E-state index contributed by atoms with van der Waals surface area (Å²) in [6.45, 7) is 2.91. The summed E-state index contributed by atoms with van der Waals surface area (Å²) in [4.78, 5) is 27.2. The van der Waals surface area contributed by atoms with Crippen molar-refractivity contribution in [2.45, 2.75) is 18.7 Å². The minimum Gasteiger partial charge on any atom is -0.344 e. The molecule has 114 valence electrons. The largest absolute Gasteiger partial charge is 0.344 e. The van der Waals surface area contributed by atoms with Crippen LogP contribution in [0.25, 0.3) is 0 Å². The van der Waals surface area contributed by atoms with Gasteiger partial charge >= 0.3 is 0 Å². The van der Waals surface area contributed by atoms with Crippen LogP contribution in [0.2, 0.25) is 5.02 Å². The van der Waals surface area contributed by atoms with Crippen molar-refractivity contribution in [1.29, 1.82) is 0 Å². The molecule has 2 rings (SSSR count). The first kappa shape index (κ1) is 16.2. The number of carbonyl (C=O) groups is 2. The van der Waals surface area contributed by atoms with E-state index < -0.39 is 0 Å². The third kappa shape index (κ3) is 3.71. The molecule has 1 aromatic carbocycles. The zero-order valence-electron chi connectivity index (χ0n) is 12.2. The molecule has 0 aromatic heterocycles. The molecule has 1 aliphatic rings. The summed E-state index contributed by atoms with van der Waals surface area (Å²) in [7, 11) is 1.77. The minimum atomic E-state index is -0.0590. The highest BCUT2D eigenvalue weighted by Crippen LogP contribution is 2.41. The fourth-order valence-electron chi connectivity index (χ4n) is 2.28. The van der Waals surface area contributed by atoms with Crippen LogP contribution in [0.3, 0.4) is 0 Å². The van der Waals surface area contributed by atoms with Gasteiger partial charge in [0.1, 0.15) is 5.37 Å². The summed E-state index contributed by atoms with van der Waals surface area (Å²) in [5.74, 6) is 0.646. The van der Waals surface area contributed by atoms with Crippen molar-refractivity contribution < 1.29 is 9.59 Å². The molecular weight excluding hydrogens is 308 g/mol. The Morgan fingerprint density at radius 3 is 2.86 bits per heavy atom. The van der Waals surface area contributed by atoms with Gasteiger partial charge < -0.3 is 9.80 Å². The fraction of sp³-hybridized carbons (Fsp3) is 0.467. The number of halogens is 1. The molecule has 21 heavy (non-hydrogen) atoms. The van der Waals surface area contributed by atoms with Crippen molar-refractivity contribution in [1.82, 2.24) is 9.80 Å². The molecular formula is C15H19ClN2O2S. The smallest absolute Gasteiger partial charge is 0.233 e. The van der Waals surface area contributed by atoms with E-state index in [2.05, 4.69) is 0 Å². The molecule has 0 N–H and O–H groups in total. The molecule has 0 aliphatic carbocycles. The lowest BCUT2D eigenvalue weighted by molar-refractivity contribution is -0.132. The predicted octanol–water partition coefficient (Wildman–Crippen LogP) is 2.78. The first-order valence-corrected chi connectivity index (χ1v) is 8.36.